The van der Waals surface area contributed by atoms with Crippen molar-refractivity contribution in [1.82, 2.24) is 14.8 Å². The molecule has 0 aliphatic rings. The van der Waals surface area contributed by atoms with Gasteiger partial charge in [-0.1, -0.05) is 13.8 Å². The summed E-state index contributed by atoms with van der Waals surface area (Å²) >= 11 is 1.81. The van der Waals surface area contributed by atoms with Gasteiger partial charge in [0, 0.05) is 6.54 Å². The number of rotatable bonds is 6. The summed E-state index contributed by atoms with van der Waals surface area (Å²) in [6.45, 7) is 5.30. The van der Waals surface area contributed by atoms with Crippen LogP contribution in [0.5, 0.6) is 0 Å². The van der Waals surface area contributed by atoms with Crippen LogP contribution in [0.15, 0.2) is 6.33 Å². The van der Waals surface area contributed by atoms with E-state index in [1.165, 1.54) is 0 Å². The second kappa shape index (κ2) is 6.12. The van der Waals surface area contributed by atoms with E-state index in [0.717, 1.165) is 24.5 Å². The molecule has 4 nitrogen and oxygen atoms in total. The zero-order valence-corrected chi connectivity index (χ0v) is 10.5. The predicted octanol–water partition coefficient (Wildman–Crippen LogP) is 1.69. The van der Waals surface area contributed by atoms with Gasteiger partial charge in [-0.2, -0.15) is 11.8 Å². The van der Waals surface area contributed by atoms with E-state index in [1.807, 2.05) is 11.8 Å². The first-order chi connectivity index (χ1) is 7.15. The van der Waals surface area contributed by atoms with Gasteiger partial charge >= 0.3 is 0 Å². The molecule has 0 bridgehead atoms. The summed E-state index contributed by atoms with van der Waals surface area (Å²) in [4.78, 5) is 0. The first-order valence-corrected chi connectivity index (χ1v) is 6.66. The molecule has 0 radical (unpaired) electrons. The van der Waals surface area contributed by atoms with Gasteiger partial charge in [-0.05, 0) is 24.3 Å². The summed E-state index contributed by atoms with van der Waals surface area (Å²) in [7, 11) is 0. The smallest absolute Gasteiger partial charge is 0.149 e. The van der Waals surface area contributed by atoms with Crippen LogP contribution in [0, 0.1) is 5.92 Å². The first kappa shape index (κ1) is 12.5. The third-order valence-corrected chi connectivity index (χ3v) is 2.82. The minimum absolute atomic E-state index is 0.0127. The number of thioether (sulfide) groups is 1. The Kier molecular flexibility index (Phi) is 5.11. The van der Waals surface area contributed by atoms with Crippen LogP contribution in [0.3, 0.4) is 0 Å². The van der Waals surface area contributed by atoms with Gasteiger partial charge in [-0.3, -0.25) is 0 Å². The molecule has 0 amide bonds. The molecule has 0 saturated carbocycles. The fraction of sp³-hybridized carbons (Fsp3) is 0.800. The fourth-order valence-corrected chi connectivity index (χ4v) is 1.95. The van der Waals surface area contributed by atoms with Crippen LogP contribution in [0.25, 0.3) is 0 Å². The zero-order valence-electron chi connectivity index (χ0n) is 9.68. The number of hydrogen-bond donors (Lipinski definition) is 1. The maximum Gasteiger partial charge on any atom is 0.149 e. The van der Waals surface area contributed by atoms with E-state index < -0.39 is 0 Å². The third kappa shape index (κ3) is 3.83. The molecule has 1 aromatic rings. The monoisotopic (exact) mass is 228 g/mol. The minimum atomic E-state index is 0.0127. The van der Waals surface area contributed by atoms with Crippen molar-refractivity contribution in [2.24, 2.45) is 11.7 Å². The molecular weight excluding hydrogens is 208 g/mol. The van der Waals surface area contributed by atoms with E-state index in [9.17, 15) is 0 Å². The maximum atomic E-state index is 6.07. The van der Waals surface area contributed by atoms with Crippen molar-refractivity contribution >= 4 is 11.8 Å². The van der Waals surface area contributed by atoms with E-state index >= 15 is 0 Å². The molecule has 0 aliphatic heterocycles. The van der Waals surface area contributed by atoms with Gasteiger partial charge in [0.05, 0.1) is 6.04 Å². The number of hydrogen-bond acceptors (Lipinski definition) is 4. The molecular formula is C10H20N4S. The summed E-state index contributed by atoms with van der Waals surface area (Å²) in [5.41, 5.74) is 6.07. The summed E-state index contributed by atoms with van der Waals surface area (Å²) in [6.07, 6.45) is 4.82. The molecule has 0 aromatic carbocycles. The average Bonchev–Trinajstić information content (AvgIpc) is 2.61. The molecule has 2 N–H and O–H groups in total. The molecule has 1 aromatic heterocycles. The highest BCUT2D eigenvalue weighted by molar-refractivity contribution is 7.98. The highest BCUT2D eigenvalue weighted by atomic mass is 32.2. The second-order valence-electron chi connectivity index (χ2n) is 4.12. The molecule has 1 rings (SSSR count). The molecule has 86 valence electrons. The largest absolute Gasteiger partial charge is 0.321 e. The number of aromatic nitrogens is 3. The lowest BCUT2D eigenvalue weighted by Crippen LogP contribution is -2.18. The standard InChI is InChI=1S/C10H20N4S/c1-8(2)6-14-7-12-13-10(14)9(11)4-5-15-3/h7-9H,4-6,11H2,1-3H3. The van der Waals surface area contributed by atoms with E-state index in [2.05, 4.69) is 34.9 Å². The van der Waals surface area contributed by atoms with Crippen molar-refractivity contribution in [3.8, 4) is 0 Å². The Morgan fingerprint density at radius 3 is 2.87 bits per heavy atom. The third-order valence-electron chi connectivity index (χ3n) is 2.17. The molecule has 5 heteroatoms. The molecule has 0 spiro atoms. The van der Waals surface area contributed by atoms with E-state index in [0.29, 0.717) is 5.92 Å². The predicted molar refractivity (Wildman–Crippen MR) is 64.8 cm³/mol. The van der Waals surface area contributed by atoms with Gasteiger partial charge in [-0.15, -0.1) is 10.2 Å². The Balaban J connectivity index is 2.62. The van der Waals surface area contributed by atoms with Gasteiger partial charge in [0.1, 0.15) is 12.2 Å². The van der Waals surface area contributed by atoms with Crippen LogP contribution >= 0.6 is 11.8 Å². The average molecular weight is 228 g/mol. The van der Waals surface area contributed by atoms with Crippen LogP contribution in [0.1, 0.15) is 32.1 Å². The van der Waals surface area contributed by atoms with Crippen molar-refractivity contribution in [3.05, 3.63) is 12.2 Å². The molecule has 15 heavy (non-hydrogen) atoms. The molecule has 0 fully saturated rings. The van der Waals surface area contributed by atoms with Crippen LogP contribution < -0.4 is 5.73 Å². The summed E-state index contributed by atoms with van der Waals surface area (Å²) in [5.74, 6) is 2.57. The van der Waals surface area contributed by atoms with Gasteiger partial charge in [0.2, 0.25) is 0 Å². The Bertz CT molecular complexity index is 285. The zero-order chi connectivity index (χ0) is 11.3. The lowest BCUT2D eigenvalue weighted by molar-refractivity contribution is 0.486. The Labute approximate surface area is 95.6 Å². The quantitative estimate of drug-likeness (QED) is 0.805. The number of nitrogens with two attached hydrogens (primary N) is 1. The van der Waals surface area contributed by atoms with E-state index in [4.69, 9.17) is 5.73 Å². The summed E-state index contributed by atoms with van der Waals surface area (Å²) in [6, 6.07) is 0.0127. The Morgan fingerprint density at radius 1 is 1.53 bits per heavy atom. The molecule has 0 saturated heterocycles. The van der Waals surface area contributed by atoms with Gasteiger partial charge in [0.25, 0.3) is 0 Å². The van der Waals surface area contributed by atoms with E-state index in [-0.39, 0.29) is 6.04 Å². The highest BCUT2D eigenvalue weighted by Gasteiger charge is 2.13. The number of nitrogens with zero attached hydrogens (tertiary/aromatic N) is 3. The van der Waals surface area contributed by atoms with Crippen molar-refractivity contribution in [2.75, 3.05) is 12.0 Å². The summed E-state index contributed by atoms with van der Waals surface area (Å²) < 4.78 is 2.07. The molecule has 1 heterocycles. The molecule has 1 atom stereocenters. The second-order valence-corrected chi connectivity index (χ2v) is 5.11. The normalized spacial score (nSPS) is 13.4. The maximum absolute atomic E-state index is 6.07. The fourth-order valence-electron chi connectivity index (χ4n) is 1.46. The molecule has 0 aliphatic carbocycles. The van der Waals surface area contributed by atoms with Gasteiger partial charge in [-0.25, -0.2) is 0 Å². The van der Waals surface area contributed by atoms with Crippen molar-refractivity contribution < 1.29 is 0 Å². The van der Waals surface area contributed by atoms with Gasteiger partial charge < -0.3 is 10.3 Å². The summed E-state index contributed by atoms with van der Waals surface area (Å²) in [5, 5.41) is 8.03. The lowest BCUT2D eigenvalue weighted by Gasteiger charge is -2.13. The minimum Gasteiger partial charge on any atom is -0.321 e. The van der Waals surface area contributed by atoms with Crippen molar-refractivity contribution in [2.45, 2.75) is 32.9 Å². The van der Waals surface area contributed by atoms with Crippen LogP contribution in [0.2, 0.25) is 0 Å². The Hall–Kier alpha value is -0.550. The van der Waals surface area contributed by atoms with Gasteiger partial charge in [0.15, 0.2) is 0 Å². The SMILES string of the molecule is CSCCC(N)c1nncn1CC(C)C. The molecule has 1 unspecified atom stereocenters. The first-order valence-electron chi connectivity index (χ1n) is 5.27. The van der Waals surface area contributed by atoms with Crippen LogP contribution in [0.4, 0.5) is 0 Å². The van der Waals surface area contributed by atoms with E-state index in [1.54, 1.807) is 6.33 Å². The Morgan fingerprint density at radius 2 is 2.27 bits per heavy atom. The van der Waals surface area contributed by atoms with Crippen LogP contribution in [-0.4, -0.2) is 26.8 Å². The lowest BCUT2D eigenvalue weighted by atomic mass is 10.2. The highest BCUT2D eigenvalue weighted by Crippen LogP contribution is 2.14. The van der Waals surface area contributed by atoms with Crippen molar-refractivity contribution in [1.29, 1.82) is 0 Å². The topological polar surface area (TPSA) is 56.7 Å². The van der Waals surface area contributed by atoms with Crippen LogP contribution in [-0.2, 0) is 6.54 Å². The van der Waals surface area contributed by atoms with Crippen molar-refractivity contribution in [3.63, 3.8) is 0 Å².